The Morgan fingerprint density at radius 2 is 1.85 bits per heavy atom. The Labute approximate surface area is 161 Å². The zero-order chi connectivity index (χ0) is 19.2. The van der Waals surface area contributed by atoms with Crippen LogP contribution in [0.5, 0.6) is 5.75 Å². The molecule has 27 heavy (non-hydrogen) atoms. The van der Waals surface area contributed by atoms with Crippen molar-refractivity contribution in [3.8, 4) is 5.75 Å². The first kappa shape index (κ1) is 19.2. The van der Waals surface area contributed by atoms with Crippen molar-refractivity contribution >= 4 is 17.3 Å². The molecule has 144 valence electrons. The number of aryl methyl sites for hydroxylation is 1. The van der Waals surface area contributed by atoms with Crippen LogP contribution in [0.2, 0.25) is 0 Å². The molecule has 0 saturated carbocycles. The van der Waals surface area contributed by atoms with Crippen molar-refractivity contribution in [2.45, 2.75) is 26.3 Å². The molecule has 0 aromatic heterocycles. The number of amides is 1. The van der Waals surface area contributed by atoms with Crippen LogP contribution >= 0.6 is 0 Å². The molecule has 5 heteroatoms. The Morgan fingerprint density at radius 1 is 1.15 bits per heavy atom. The molecule has 2 aromatic rings. The zero-order valence-electron chi connectivity index (χ0n) is 16.5. The van der Waals surface area contributed by atoms with Crippen molar-refractivity contribution < 1.29 is 9.53 Å². The van der Waals surface area contributed by atoms with Crippen LogP contribution < -0.4 is 15.0 Å². The molecule has 5 nitrogen and oxygen atoms in total. The minimum Gasteiger partial charge on any atom is -0.496 e. The van der Waals surface area contributed by atoms with E-state index in [1.165, 1.54) is 24.1 Å². The van der Waals surface area contributed by atoms with Crippen LogP contribution in [-0.4, -0.2) is 44.6 Å². The number of ether oxygens (including phenoxy) is 1. The number of methoxy groups -OCH3 is 1. The standard InChI is InChI=1S/C22H29N3O2/c1-17-6-11-21(27-3)18(14-17)15-24(2)16-22(26)23-19-7-9-20(10-8-19)25-12-4-5-13-25/h6-11,14H,4-5,12-13,15-16H2,1-3H3,(H,23,26). The number of benzene rings is 2. The van der Waals surface area contributed by atoms with Gasteiger partial charge in [-0.1, -0.05) is 17.7 Å². The Hall–Kier alpha value is -2.53. The maximum absolute atomic E-state index is 12.4. The molecule has 1 N–H and O–H groups in total. The molecule has 0 atom stereocenters. The third kappa shape index (κ3) is 5.23. The Bertz CT molecular complexity index is 768. The van der Waals surface area contributed by atoms with E-state index in [1.54, 1.807) is 7.11 Å². The number of likely N-dealkylation sites (N-methyl/N-ethyl adjacent to an activating group) is 1. The average Bonchev–Trinajstić information content (AvgIpc) is 3.17. The number of hydrogen-bond acceptors (Lipinski definition) is 4. The quantitative estimate of drug-likeness (QED) is 0.811. The van der Waals surface area contributed by atoms with Crippen molar-refractivity contribution in [3.63, 3.8) is 0 Å². The molecule has 1 amide bonds. The summed E-state index contributed by atoms with van der Waals surface area (Å²) in [5.41, 5.74) is 4.34. The second-order valence-corrected chi connectivity index (χ2v) is 7.28. The molecule has 0 aliphatic carbocycles. The van der Waals surface area contributed by atoms with E-state index in [0.717, 1.165) is 30.1 Å². The van der Waals surface area contributed by atoms with Crippen LogP contribution in [0.3, 0.4) is 0 Å². The lowest BCUT2D eigenvalue weighted by Gasteiger charge is -2.19. The monoisotopic (exact) mass is 367 g/mol. The van der Waals surface area contributed by atoms with Gasteiger partial charge in [0.2, 0.25) is 5.91 Å². The van der Waals surface area contributed by atoms with Gasteiger partial charge in [-0.2, -0.15) is 0 Å². The molecule has 1 fully saturated rings. The van der Waals surface area contributed by atoms with Gasteiger partial charge in [-0.3, -0.25) is 9.69 Å². The van der Waals surface area contributed by atoms with Crippen molar-refractivity contribution in [1.29, 1.82) is 0 Å². The number of carbonyl (C=O) groups is 1. The van der Waals surface area contributed by atoms with Crippen molar-refractivity contribution in [2.24, 2.45) is 0 Å². The van der Waals surface area contributed by atoms with E-state index >= 15 is 0 Å². The number of carbonyl (C=O) groups excluding carboxylic acids is 1. The Morgan fingerprint density at radius 3 is 2.52 bits per heavy atom. The van der Waals surface area contributed by atoms with Gasteiger partial charge in [-0.05, 0) is 57.1 Å². The van der Waals surface area contributed by atoms with Crippen molar-refractivity contribution in [1.82, 2.24) is 4.90 Å². The van der Waals surface area contributed by atoms with Gasteiger partial charge in [-0.25, -0.2) is 0 Å². The molecule has 1 saturated heterocycles. The molecule has 3 rings (SSSR count). The summed E-state index contributed by atoms with van der Waals surface area (Å²) in [6.45, 7) is 5.29. The average molecular weight is 367 g/mol. The molecule has 2 aromatic carbocycles. The summed E-state index contributed by atoms with van der Waals surface area (Å²) in [6.07, 6.45) is 2.52. The lowest BCUT2D eigenvalue weighted by atomic mass is 10.1. The van der Waals surface area contributed by atoms with E-state index in [-0.39, 0.29) is 5.91 Å². The Balaban J connectivity index is 1.53. The van der Waals surface area contributed by atoms with E-state index in [2.05, 4.69) is 35.3 Å². The predicted octanol–water partition coefficient (Wildman–Crippen LogP) is 3.67. The predicted molar refractivity (Wildman–Crippen MR) is 111 cm³/mol. The maximum Gasteiger partial charge on any atom is 0.238 e. The lowest BCUT2D eigenvalue weighted by molar-refractivity contribution is -0.117. The van der Waals surface area contributed by atoms with Gasteiger partial charge in [0.15, 0.2) is 0 Å². The minimum absolute atomic E-state index is 0.0157. The SMILES string of the molecule is COc1ccc(C)cc1CN(C)CC(=O)Nc1ccc(N2CCCC2)cc1. The highest BCUT2D eigenvalue weighted by molar-refractivity contribution is 5.92. The zero-order valence-corrected chi connectivity index (χ0v) is 16.5. The third-order valence-electron chi connectivity index (χ3n) is 4.91. The topological polar surface area (TPSA) is 44.8 Å². The summed E-state index contributed by atoms with van der Waals surface area (Å²) in [7, 11) is 3.62. The minimum atomic E-state index is -0.0157. The van der Waals surface area contributed by atoms with Crippen molar-refractivity contribution in [2.75, 3.05) is 44.0 Å². The summed E-state index contributed by atoms with van der Waals surface area (Å²) in [5, 5.41) is 2.99. The smallest absolute Gasteiger partial charge is 0.238 e. The fraction of sp³-hybridized carbons (Fsp3) is 0.409. The molecule has 0 radical (unpaired) electrons. The van der Waals surface area contributed by atoms with E-state index in [1.807, 2.05) is 36.2 Å². The van der Waals surface area contributed by atoms with Crippen molar-refractivity contribution in [3.05, 3.63) is 53.6 Å². The summed E-state index contributed by atoms with van der Waals surface area (Å²) >= 11 is 0. The fourth-order valence-corrected chi connectivity index (χ4v) is 3.55. The second kappa shape index (κ2) is 8.91. The second-order valence-electron chi connectivity index (χ2n) is 7.28. The maximum atomic E-state index is 12.4. The van der Waals surface area contributed by atoms with Crippen LogP contribution in [0.15, 0.2) is 42.5 Å². The van der Waals surface area contributed by atoms with Gasteiger partial charge in [-0.15, -0.1) is 0 Å². The molecule has 1 aliphatic rings. The van der Waals surface area contributed by atoms with Crippen LogP contribution in [0, 0.1) is 6.92 Å². The van der Waals surface area contributed by atoms with Gasteiger partial charge in [0.25, 0.3) is 0 Å². The molecule has 0 unspecified atom stereocenters. The number of rotatable bonds is 7. The van der Waals surface area contributed by atoms with E-state index in [0.29, 0.717) is 13.1 Å². The normalized spacial score (nSPS) is 13.9. The number of anilines is 2. The molecular weight excluding hydrogens is 338 g/mol. The molecule has 1 aliphatic heterocycles. The molecular formula is C22H29N3O2. The first-order chi connectivity index (χ1) is 13.0. The van der Waals surface area contributed by atoms with Gasteiger partial charge in [0.05, 0.1) is 13.7 Å². The van der Waals surface area contributed by atoms with Crippen LogP contribution in [0.1, 0.15) is 24.0 Å². The number of hydrogen-bond donors (Lipinski definition) is 1. The highest BCUT2D eigenvalue weighted by Crippen LogP contribution is 2.23. The third-order valence-corrected chi connectivity index (χ3v) is 4.91. The first-order valence-electron chi connectivity index (χ1n) is 9.52. The summed E-state index contributed by atoms with van der Waals surface area (Å²) in [5.74, 6) is 0.836. The molecule has 0 bridgehead atoms. The summed E-state index contributed by atoms with van der Waals surface area (Å²) in [4.78, 5) is 16.8. The fourth-order valence-electron chi connectivity index (χ4n) is 3.55. The van der Waals surface area contributed by atoms with E-state index in [4.69, 9.17) is 4.74 Å². The van der Waals surface area contributed by atoms with Crippen LogP contribution in [0.4, 0.5) is 11.4 Å². The van der Waals surface area contributed by atoms with Gasteiger partial charge in [0, 0.05) is 36.6 Å². The molecule has 0 spiro atoms. The van der Waals surface area contributed by atoms with Crippen LogP contribution in [-0.2, 0) is 11.3 Å². The highest BCUT2D eigenvalue weighted by Gasteiger charge is 2.13. The number of nitrogens with zero attached hydrogens (tertiary/aromatic N) is 2. The van der Waals surface area contributed by atoms with Gasteiger partial charge in [0.1, 0.15) is 5.75 Å². The lowest BCUT2D eigenvalue weighted by Crippen LogP contribution is -2.30. The number of nitrogens with one attached hydrogen (secondary N) is 1. The first-order valence-corrected chi connectivity index (χ1v) is 9.52. The van der Waals surface area contributed by atoms with Gasteiger partial charge < -0.3 is 15.0 Å². The summed E-state index contributed by atoms with van der Waals surface area (Å²) in [6, 6.07) is 14.2. The van der Waals surface area contributed by atoms with Crippen LogP contribution in [0.25, 0.3) is 0 Å². The Kier molecular flexibility index (Phi) is 6.35. The van der Waals surface area contributed by atoms with E-state index in [9.17, 15) is 4.79 Å². The molecule has 1 heterocycles. The van der Waals surface area contributed by atoms with E-state index < -0.39 is 0 Å². The highest BCUT2D eigenvalue weighted by atomic mass is 16.5. The van der Waals surface area contributed by atoms with Gasteiger partial charge >= 0.3 is 0 Å². The largest absolute Gasteiger partial charge is 0.496 e. The summed E-state index contributed by atoms with van der Waals surface area (Å²) < 4.78 is 5.42.